The Kier molecular flexibility index (Phi) is 7.30. The lowest BCUT2D eigenvalue weighted by Gasteiger charge is -2.34. The molecule has 1 spiro atoms. The monoisotopic (exact) mass is 509 g/mol. The van der Waals surface area contributed by atoms with Gasteiger partial charge in [-0.2, -0.15) is 0 Å². The summed E-state index contributed by atoms with van der Waals surface area (Å²) in [4.78, 5) is 42.9. The number of likely N-dealkylation sites (tertiary alicyclic amines) is 1. The van der Waals surface area contributed by atoms with Crippen LogP contribution in [0.5, 0.6) is 5.75 Å². The van der Waals surface area contributed by atoms with E-state index >= 15 is 0 Å². The van der Waals surface area contributed by atoms with Crippen molar-refractivity contribution in [2.75, 3.05) is 18.5 Å². The van der Waals surface area contributed by atoms with E-state index < -0.39 is 29.6 Å². The summed E-state index contributed by atoms with van der Waals surface area (Å²) in [6.07, 6.45) is 9.30. The summed E-state index contributed by atoms with van der Waals surface area (Å²) in [6, 6.07) is 6.54. The summed E-state index contributed by atoms with van der Waals surface area (Å²) < 4.78 is 11.9. The van der Waals surface area contributed by atoms with Crippen molar-refractivity contribution in [3.8, 4) is 5.75 Å². The minimum absolute atomic E-state index is 0.125. The molecular formula is C29H39N3O5. The van der Waals surface area contributed by atoms with Crippen LogP contribution in [0.2, 0.25) is 0 Å². The van der Waals surface area contributed by atoms with Gasteiger partial charge in [0.25, 0.3) is 0 Å². The quantitative estimate of drug-likeness (QED) is 0.495. The lowest BCUT2D eigenvalue weighted by molar-refractivity contribution is -0.141. The van der Waals surface area contributed by atoms with Gasteiger partial charge in [-0.3, -0.25) is 14.4 Å². The van der Waals surface area contributed by atoms with Crippen LogP contribution in [0.4, 0.5) is 5.69 Å². The van der Waals surface area contributed by atoms with Crippen molar-refractivity contribution in [1.29, 1.82) is 0 Å². The Morgan fingerprint density at radius 3 is 2.54 bits per heavy atom. The van der Waals surface area contributed by atoms with E-state index in [0.717, 1.165) is 37.9 Å². The predicted octanol–water partition coefficient (Wildman–Crippen LogP) is 3.67. The topological polar surface area (TPSA) is 97.0 Å². The molecule has 5 atom stereocenters. The van der Waals surface area contributed by atoms with E-state index in [0.29, 0.717) is 24.8 Å². The molecule has 3 heterocycles. The second-order valence-corrected chi connectivity index (χ2v) is 11.2. The number of rotatable bonds is 9. The van der Waals surface area contributed by atoms with Gasteiger partial charge in [0.1, 0.15) is 17.4 Å². The molecule has 2 bridgehead atoms. The Morgan fingerprint density at radius 2 is 1.86 bits per heavy atom. The molecule has 3 aliphatic heterocycles. The average Bonchev–Trinajstić information content (AvgIpc) is 3.52. The number of amides is 3. The Hall–Kier alpha value is -2.87. The molecule has 2 saturated heterocycles. The Morgan fingerprint density at radius 1 is 1.14 bits per heavy atom. The molecule has 5 rings (SSSR count). The first kappa shape index (κ1) is 25.8. The fourth-order valence-corrected chi connectivity index (χ4v) is 6.46. The number of nitrogens with zero attached hydrogens (tertiary/aromatic N) is 1. The van der Waals surface area contributed by atoms with Crippen LogP contribution in [-0.4, -0.2) is 59.6 Å². The third-order valence-electron chi connectivity index (χ3n) is 8.26. The standard InChI is InChI=1S/C29H39N3O5/c1-4-36-21-12-10-20(11-13-21)30-26(33)23-22-14-16-29(37-22)24(23)28(35)32(17-15-18(2)3)25(29)27(34)31-19-8-6-5-7-9-19/h10-14,16,18-19,22-25H,4-9,15,17H2,1-3H3,(H,30,33)(H,31,34)/t22-,23?,24-,25?,29?/m0/s1. The van der Waals surface area contributed by atoms with Crippen LogP contribution in [0.1, 0.15) is 59.3 Å². The highest BCUT2D eigenvalue weighted by Gasteiger charge is 2.72. The first-order chi connectivity index (χ1) is 17.8. The molecule has 0 radical (unpaired) electrons. The fraction of sp³-hybridized carbons (Fsp3) is 0.621. The molecule has 4 aliphatic rings. The number of anilines is 1. The highest BCUT2D eigenvalue weighted by molar-refractivity contribution is 6.02. The summed E-state index contributed by atoms with van der Waals surface area (Å²) >= 11 is 0. The zero-order valence-electron chi connectivity index (χ0n) is 22.1. The molecule has 1 saturated carbocycles. The van der Waals surface area contributed by atoms with Crippen LogP contribution in [0.3, 0.4) is 0 Å². The van der Waals surface area contributed by atoms with Crippen molar-refractivity contribution >= 4 is 23.4 Å². The van der Waals surface area contributed by atoms with E-state index in [2.05, 4.69) is 24.5 Å². The molecule has 200 valence electrons. The first-order valence-corrected chi connectivity index (χ1v) is 13.9. The number of fused-ring (bicyclic) bond motifs is 1. The Balaban J connectivity index is 1.39. The smallest absolute Gasteiger partial charge is 0.246 e. The zero-order chi connectivity index (χ0) is 26.2. The van der Waals surface area contributed by atoms with E-state index in [1.165, 1.54) is 6.42 Å². The normalized spacial score (nSPS) is 30.6. The van der Waals surface area contributed by atoms with Gasteiger partial charge in [0.15, 0.2) is 0 Å². The van der Waals surface area contributed by atoms with Gasteiger partial charge in [-0.05, 0) is 56.4 Å². The van der Waals surface area contributed by atoms with Gasteiger partial charge in [-0.25, -0.2) is 0 Å². The van der Waals surface area contributed by atoms with E-state index in [9.17, 15) is 14.4 Å². The molecule has 1 aromatic rings. The third kappa shape index (κ3) is 4.76. The molecule has 3 fully saturated rings. The second-order valence-electron chi connectivity index (χ2n) is 11.2. The van der Waals surface area contributed by atoms with Crippen LogP contribution >= 0.6 is 0 Å². The second kappa shape index (κ2) is 10.5. The number of ether oxygens (including phenoxy) is 2. The van der Waals surface area contributed by atoms with Crippen molar-refractivity contribution in [2.24, 2.45) is 17.8 Å². The van der Waals surface area contributed by atoms with Crippen LogP contribution in [0.15, 0.2) is 36.4 Å². The van der Waals surface area contributed by atoms with Crippen molar-refractivity contribution in [3.63, 3.8) is 0 Å². The predicted molar refractivity (Wildman–Crippen MR) is 140 cm³/mol. The van der Waals surface area contributed by atoms with E-state index in [1.807, 2.05) is 19.1 Å². The SMILES string of the molecule is CCOc1ccc(NC(=O)C2[C@@H]3C=CC4(O3)C(C(=O)NC3CCCCC3)N(CCC(C)C)C(=O)[C@H]24)cc1. The van der Waals surface area contributed by atoms with Gasteiger partial charge in [0.05, 0.1) is 24.5 Å². The highest BCUT2D eigenvalue weighted by Crippen LogP contribution is 2.55. The minimum atomic E-state index is -1.11. The van der Waals surface area contributed by atoms with Gasteiger partial charge < -0.3 is 25.0 Å². The summed E-state index contributed by atoms with van der Waals surface area (Å²) in [5, 5.41) is 6.19. The maximum atomic E-state index is 13.9. The molecule has 3 amide bonds. The van der Waals surface area contributed by atoms with Crippen LogP contribution in [-0.2, 0) is 19.1 Å². The van der Waals surface area contributed by atoms with Crippen molar-refractivity contribution in [1.82, 2.24) is 10.2 Å². The zero-order valence-corrected chi connectivity index (χ0v) is 22.1. The molecule has 8 nitrogen and oxygen atoms in total. The molecule has 0 aromatic heterocycles. The van der Waals surface area contributed by atoms with Gasteiger partial charge in [0, 0.05) is 18.3 Å². The van der Waals surface area contributed by atoms with Gasteiger partial charge in [-0.1, -0.05) is 45.3 Å². The molecule has 1 aliphatic carbocycles. The maximum Gasteiger partial charge on any atom is 0.246 e. The van der Waals surface area contributed by atoms with Crippen LogP contribution in [0.25, 0.3) is 0 Å². The first-order valence-electron chi connectivity index (χ1n) is 13.9. The number of hydrogen-bond donors (Lipinski definition) is 2. The van der Waals surface area contributed by atoms with Crippen LogP contribution < -0.4 is 15.4 Å². The van der Waals surface area contributed by atoms with Crippen molar-refractivity contribution in [2.45, 2.75) is 83.1 Å². The van der Waals surface area contributed by atoms with Gasteiger partial charge in [-0.15, -0.1) is 0 Å². The molecule has 3 unspecified atom stereocenters. The average molecular weight is 510 g/mol. The molecule has 1 aromatic carbocycles. The number of hydrogen-bond acceptors (Lipinski definition) is 5. The lowest BCUT2D eigenvalue weighted by atomic mass is 9.74. The summed E-state index contributed by atoms with van der Waals surface area (Å²) in [6.45, 7) is 7.15. The summed E-state index contributed by atoms with van der Waals surface area (Å²) in [7, 11) is 0. The van der Waals surface area contributed by atoms with E-state index in [1.54, 1.807) is 29.2 Å². The largest absolute Gasteiger partial charge is 0.494 e. The van der Waals surface area contributed by atoms with Crippen LogP contribution in [0, 0.1) is 17.8 Å². The molecular weight excluding hydrogens is 470 g/mol. The van der Waals surface area contributed by atoms with Crippen molar-refractivity contribution < 1.29 is 23.9 Å². The molecule has 8 heteroatoms. The van der Waals surface area contributed by atoms with Gasteiger partial charge >= 0.3 is 0 Å². The summed E-state index contributed by atoms with van der Waals surface area (Å²) in [5.41, 5.74) is -0.485. The summed E-state index contributed by atoms with van der Waals surface area (Å²) in [5.74, 6) is -0.912. The number of benzene rings is 1. The Bertz CT molecular complexity index is 1050. The third-order valence-corrected chi connectivity index (χ3v) is 8.26. The number of carbonyl (C=O) groups excluding carboxylic acids is 3. The lowest BCUT2D eigenvalue weighted by Crippen LogP contribution is -2.56. The fourth-order valence-electron chi connectivity index (χ4n) is 6.46. The minimum Gasteiger partial charge on any atom is -0.494 e. The Labute approximate surface area is 219 Å². The van der Waals surface area contributed by atoms with E-state index in [4.69, 9.17) is 9.47 Å². The molecule has 2 N–H and O–H groups in total. The number of carbonyl (C=O) groups is 3. The highest BCUT2D eigenvalue weighted by atomic mass is 16.5. The van der Waals surface area contributed by atoms with E-state index in [-0.39, 0.29) is 23.8 Å². The maximum absolute atomic E-state index is 13.9. The van der Waals surface area contributed by atoms with Gasteiger partial charge in [0.2, 0.25) is 17.7 Å². The molecule has 37 heavy (non-hydrogen) atoms. The van der Waals surface area contributed by atoms with Crippen molar-refractivity contribution in [3.05, 3.63) is 36.4 Å². The number of nitrogens with one attached hydrogen (secondary N) is 2.